The Morgan fingerprint density at radius 1 is 1.42 bits per heavy atom. The highest BCUT2D eigenvalue weighted by molar-refractivity contribution is 14.1. The minimum absolute atomic E-state index is 0.684. The van der Waals surface area contributed by atoms with Gasteiger partial charge in [0.05, 0.1) is 0 Å². The molecular weight excluding hydrogens is 281 g/mol. The topological polar surface area (TPSA) is 23.8 Å². The van der Waals surface area contributed by atoms with Gasteiger partial charge in [0, 0.05) is 9.68 Å². The summed E-state index contributed by atoms with van der Waals surface area (Å²) in [6.07, 6.45) is 6.61. The van der Waals surface area contributed by atoms with Crippen LogP contribution in [0.4, 0.5) is 0 Å². The molecule has 3 heteroatoms. The zero-order valence-corrected chi connectivity index (χ0v) is 10.5. The summed E-state index contributed by atoms with van der Waals surface area (Å²) in [5.74, 6) is 0.989. The number of nitrogens with zero attached hydrogens (tertiary/aromatic N) is 1. The summed E-state index contributed by atoms with van der Waals surface area (Å²) < 4.78 is 0.684. The molecule has 0 N–H and O–H groups in total. The Kier molecular flexibility index (Phi) is 10.1. The van der Waals surface area contributed by atoms with E-state index in [2.05, 4.69) is 34.9 Å². The molecule has 1 nitrogen and oxygen atoms in total. The second-order valence-electron chi connectivity index (χ2n) is 2.85. The highest BCUT2D eigenvalue weighted by Crippen LogP contribution is 2.16. The summed E-state index contributed by atoms with van der Waals surface area (Å²) in [5.41, 5.74) is 0. The van der Waals surface area contributed by atoms with Gasteiger partial charge in [-0.25, -0.2) is 0 Å². The summed E-state index contributed by atoms with van der Waals surface area (Å²) in [6, 6.07) is 0. The van der Waals surface area contributed by atoms with Crippen molar-refractivity contribution in [1.82, 2.24) is 0 Å². The molecule has 0 aliphatic carbocycles. The van der Waals surface area contributed by atoms with Gasteiger partial charge in [-0.05, 0) is 18.2 Å². The molecule has 0 amide bonds. The SMILES string of the molecule is CCCCCCC(I)CSC#N. The molecule has 0 fully saturated rings. The van der Waals surface area contributed by atoms with Crippen molar-refractivity contribution in [3.8, 4) is 5.40 Å². The lowest BCUT2D eigenvalue weighted by molar-refractivity contribution is 0.638. The summed E-state index contributed by atoms with van der Waals surface area (Å²) in [7, 11) is 0. The monoisotopic (exact) mass is 297 g/mol. The Morgan fingerprint density at radius 2 is 2.17 bits per heavy atom. The minimum atomic E-state index is 0.684. The smallest absolute Gasteiger partial charge is 0.133 e. The van der Waals surface area contributed by atoms with E-state index >= 15 is 0 Å². The van der Waals surface area contributed by atoms with E-state index in [-0.39, 0.29) is 0 Å². The second kappa shape index (κ2) is 9.66. The molecule has 0 aromatic rings. The number of halogens is 1. The average Bonchev–Trinajstić information content (AvgIpc) is 2.09. The molecule has 1 unspecified atom stereocenters. The number of unbranched alkanes of at least 4 members (excludes halogenated alkanes) is 3. The Bertz CT molecular complexity index is 133. The molecule has 0 radical (unpaired) electrons. The Morgan fingerprint density at radius 3 is 2.75 bits per heavy atom. The molecule has 0 bridgehead atoms. The van der Waals surface area contributed by atoms with Gasteiger partial charge in [0.15, 0.2) is 0 Å². The highest BCUT2D eigenvalue weighted by Gasteiger charge is 2.02. The van der Waals surface area contributed by atoms with Gasteiger partial charge >= 0.3 is 0 Å². The third kappa shape index (κ3) is 8.66. The van der Waals surface area contributed by atoms with Crippen molar-refractivity contribution in [2.45, 2.75) is 43.0 Å². The predicted molar refractivity (Wildman–Crippen MR) is 64.6 cm³/mol. The van der Waals surface area contributed by atoms with E-state index in [1.807, 2.05) is 0 Å². The van der Waals surface area contributed by atoms with Crippen molar-refractivity contribution in [3.05, 3.63) is 0 Å². The lowest BCUT2D eigenvalue weighted by atomic mass is 10.1. The molecule has 0 aromatic carbocycles. The lowest BCUT2D eigenvalue weighted by Crippen LogP contribution is -2.00. The molecule has 12 heavy (non-hydrogen) atoms. The van der Waals surface area contributed by atoms with Gasteiger partial charge in [-0.3, -0.25) is 0 Å². The van der Waals surface area contributed by atoms with Gasteiger partial charge in [0.2, 0.25) is 0 Å². The zero-order valence-electron chi connectivity index (χ0n) is 7.55. The van der Waals surface area contributed by atoms with Crippen LogP contribution in [0, 0.1) is 10.7 Å². The molecule has 1 atom stereocenters. The molecule has 0 spiro atoms. The van der Waals surface area contributed by atoms with E-state index < -0.39 is 0 Å². The number of rotatable bonds is 7. The average molecular weight is 297 g/mol. The maximum absolute atomic E-state index is 8.33. The first-order valence-corrected chi connectivity index (χ1v) is 6.69. The first kappa shape index (κ1) is 12.6. The summed E-state index contributed by atoms with van der Waals surface area (Å²) >= 11 is 3.82. The van der Waals surface area contributed by atoms with Gasteiger partial charge in [0.25, 0.3) is 0 Å². The van der Waals surface area contributed by atoms with Crippen LogP contribution in [0.15, 0.2) is 0 Å². The fourth-order valence-corrected chi connectivity index (χ4v) is 2.41. The number of nitriles is 1. The Hall–Kier alpha value is 0.570. The van der Waals surface area contributed by atoms with Crippen molar-refractivity contribution in [2.24, 2.45) is 0 Å². The van der Waals surface area contributed by atoms with Crippen LogP contribution >= 0.6 is 34.4 Å². The van der Waals surface area contributed by atoms with Crippen LogP contribution in [0.5, 0.6) is 0 Å². The van der Waals surface area contributed by atoms with Crippen LogP contribution in [-0.4, -0.2) is 9.68 Å². The second-order valence-corrected chi connectivity index (χ2v) is 5.42. The molecule has 0 aliphatic rings. The normalized spacial score (nSPS) is 12.4. The van der Waals surface area contributed by atoms with E-state index in [0.29, 0.717) is 3.92 Å². The highest BCUT2D eigenvalue weighted by atomic mass is 127. The largest absolute Gasteiger partial charge is 0.185 e. The van der Waals surface area contributed by atoms with Crippen LogP contribution in [0.2, 0.25) is 0 Å². The van der Waals surface area contributed by atoms with Gasteiger partial charge < -0.3 is 0 Å². The lowest BCUT2D eigenvalue weighted by Gasteiger charge is -2.05. The first-order chi connectivity index (χ1) is 5.81. The summed E-state index contributed by atoms with van der Waals surface area (Å²) in [6.45, 7) is 2.23. The third-order valence-electron chi connectivity index (χ3n) is 1.70. The Labute approximate surface area is 93.4 Å². The maximum atomic E-state index is 8.33. The fraction of sp³-hybridized carbons (Fsp3) is 0.889. The standard InChI is InChI=1S/C9H16INS/c1-2-3-4-5-6-9(10)7-12-8-11/h9H,2-7H2,1H3. The Balaban J connectivity index is 3.09. The molecular formula is C9H16INS. The first-order valence-electron chi connectivity index (χ1n) is 4.46. The molecule has 0 saturated carbocycles. The van der Waals surface area contributed by atoms with Crippen LogP contribution in [-0.2, 0) is 0 Å². The van der Waals surface area contributed by atoms with Crippen molar-refractivity contribution >= 4 is 34.4 Å². The minimum Gasteiger partial charge on any atom is -0.185 e. The molecule has 70 valence electrons. The quantitative estimate of drug-likeness (QED) is 0.307. The van der Waals surface area contributed by atoms with Crippen molar-refractivity contribution in [1.29, 1.82) is 5.26 Å². The van der Waals surface area contributed by atoms with E-state index in [4.69, 9.17) is 5.26 Å². The van der Waals surface area contributed by atoms with E-state index in [1.54, 1.807) is 0 Å². The number of thioether (sulfide) groups is 1. The summed E-state index contributed by atoms with van der Waals surface area (Å²) in [4.78, 5) is 0. The predicted octanol–water partition coefficient (Wildman–Crippen LogP) is 3.97. The van der Waals surface area contributed by atoms with E-state index in [9.17, 15) is 0 Å². The van der Waals surface area contributed by atoms with Gasteiger partial charge in [-0.15, -0.1) is 0 Å². The number of alkyl halides is 1. The molecule has 0 heterocycles. The van der Waals surface area contributed by atoms with Crippen LogP contribution < -0.4 is 0 Å². The molecule has 0 aromatic heterocycles. The van der Waals surface area contributed by atoms with E-state index in [0.717, 1.165) is 5.75 Å². The van der Waals surface area contributed by atoms with Crippen LogP contribution in [0.25, 0.3) is 0 Å². The third-order valence-corrected chi connectivity index (χ3v) is 4.06. The zero-order chi connectivity index (χ0) is 9.23. The van der Waals surface area contributed by atoms with Crippen molar-refractivity contribution in [3.63, 3.8) is 0 Å². The van der Waals surface area contributed by atoms with Crippen molar-refractivity contribution in [2.75, 3.05) is 5.75 Å². The van der Waals surface area contributed by atoms with Gasteiger partial charge in [-0.2, -0.15) is 5.26 Å². The number of thiocyanates is 1. The van der Waals surface area contributed by atoms with Crippen LogP contribution in [0.1, 0.15) is 39.0 Å². The molecule has 0 aliphatic heterocycles. The van der Waals surface area contributed by atoms with Crippen LogP contribution in [0.3, 0.4) is 0 Å². The molecule has 0 saturated heterocycles. The summed E-state index contributed by atoms with van der Waals surface area (Å²) in [5, 5.41) is 10.4. The number of hydrogen-bond acceptors (Lipinski definition) is 2. The number of hydrogen-bond donors (Lipinski definition) is 0. The fourth-order valence-electron chi connectivity index (χ4n) is 1.00. The van der Waals surface area contributed by atoms with Crippen molar-refractivity contribution < 1.29 is 0 Å². The van der Waals surface area contributed by atoms with Gasteiger partial charge in [0.1, 0.15) is 5.40 Å². The maximum Gasteiger partial charge on any atom is 0.133 e. The molecule has 0 rings (SSSR count). The van der Waals surface area contributed by atoms with Gasteiger partial charge in [-0.1, -0.05) is 55.2 Å². The van der Waals surface area contributed by atoms with E-state index in [1.165, 1.54) is 43.9 Å².